The minimum Gasteiger partial charge on any atom is -0.425 e. The summed E-state index contributed by atoms with van der Waals surface area (Å²) in [5.74, 6) is 0.661. The van der Waals surface area contributed by atoms with Crippen LogP contribution in [0, 0.1) is 0 Å². The molecule has 33 heavy (non-hydrogen) atoms. The molecule has 5 rings (SSSR count). The molecular weight excluding hydrogens is 406 g/mol. The average molecular weight is 436 g/mol. The molecule has 1 fully saturated rings. The summed E-state index contributed by atoms with van der Waals surface area (Å²) in [4.78, 5) is 12.6. The van der Waals surface area contributed by atoms with Gasteiger partial charge < -0.3 is 5.21 Å². The van der Waals surface area contributed by atoms with Gasteiger partial charge in [0.15, 0.2) is 0 Å². The van der Waals surface area contributed by atoms with Crippen LogP contribution in [0.2, 0.25) is 0 Å². The Morgan fingerprint density at radius 3 is 2.03 bits per heavy atom. The Balaban J connectivity index is 1.38. The highest BCUT2D eigenvalue weighted by molar-refractivity contribution is 5.65. The normalized spacial score (nSPS) is 14.3. The predicted octanol–water partition coefficient (Wildman–Crippen LogP) is 7.06. The molecule has 0 amide bonds. The SMILES string of the molecule is O=c1c(Cc2ccc(-c3ccccc3)cc2)cc(-c2ccc(C3CCCCC3)cc2)cn1O. The van der Waals surface area contributed by atoms with Crippen LogP contribution in [0.3, 0.4) is 0 Å². The summed E-state index contributed by atoms with van der Waals surface area (Å²) in [5, 5.41) is 10.3. The zero-order valence-corrected chi connectivity index (χ0v) is 18.8. The quantitative estimate of drug-likeness (QED) is 0.341. The van der Waals surface area contributed by atoms with E-state index in [-0.39, 0.29) is 5.56 Å². The van der Waals surface area contributed by atoms with E-state index in [1.807, 2.05) is 24.3 Å². The summed E-state index contributed by atoms with van der Waals surface area (Å²) in [6.45, 7) is 0. The lowest BCUT2D eigenvalue weighted by Gasteiger charge is -2.22. The van der Waals surface area contributed by atoms with Crippen molar-refractivity contribution >= 4 is 0 Å². The molecule has 0 unspecified atom stereocenters. The second kappa shape index (κ2) is 9.50. The zero-order chi connectivity index (χ0) is 22.6. The van der Waals surface area contributed by atoms with Gasteiger partial charge in [-0.15, -0.1) is 0 Å². The van der Waals surface area contributed by atoms with Crippen molar-refractivity contribution < 1.29 is 5.21 Å². The third-order valence-corrected chi connectivity index (χ3v) is 6.85. The molecule has 1 aromatic heterocycles. The molecule has 0 saturated heterocycles. The number of rotatable bonds is 5. The minimum atomic E-state index is -0.371. The maximum Gasteiger partial charge on any atom is 0.286 e. The lowest BCUT2D eigenvalue weighted by Crippen LogP contribution is -2.21. The smallest absolute Gasteiger partial charge is 0.286 e. The molecule has 0 spiro atoms. The van der Waals surface area contributed by atoms with E-state index in [2.05, 4.69) is 60.7 Å². The Kier molecular flexibility index (Phi) is 6.12. The third kappa shape index (κ3) is 4.78. The summed E-state index contributed by atoms with van der Waals surface area (Å²) in [5.41, 5.74) is 6.82. The number of aromatic nitrogens is 1. The molecule has 3 heteroatoms. The first kappa shape index (κ1) is 21.3. The molecule has 1 saturated carbocycles. The predicted molar refractivity (Wildman–Crippen MR) is 134 cm³/mol. The zero-order valence-electron chi connectivity index (χ0n) is 18.8. The van der Waals surface area contributed by atoms with Crippen LogP contribution < -0.4 is 5.56 Å². The fraction of sp³-hybridized carbons (Fsp3) is 0.233. The van der Waals surface area contributed by atoms with Gasteiger partial charge in [0.05, 0.1) is 6.20 Å². The van der Waals surface area contributed by atoms with Crippen LogP contribution in [-0.4, -0.2) is 9.94 Å². The highest BCUT2D eigenvalue weighted by Crippen LogP contribution is 2.33. The molecular formula is C30H29NO2. The van der Waals surface area contributed by atoms with Crippen LogP contribution in [0.1, 0.15) is 54.7 Å². The average Bonchev–Trinajstić information content (AvgIpc) is 2.88. The molecule has 4 aromatic rings. The number of pyridine rings is 1. The molecule has 0 aliphatic heterocycles. The van der Waals surface area contributed by atoms with Gasteiger partial charge in [-0.1, -0.05) is 98.1 Å². The third-order valence-electron chi connectivity index (χ3n) is 6.85. The van der Waals surface area contributed by atoms with Gasteiger partial charge in [0, 0.05) is 17.5 Å². The van der Waals surface area contributed by atoms with Gasteiger partial charge in [-0.25, -0.2) is 0 Å². The summed E-state index contributed by atoms with van der Waals surface area (Å²) in [7, 11) is 0. The van der Waals surface area contributed by atoms with Crippen molar-refractivity contribution in [2.24, 2.45) is 0 Å². The Labute approximate surface area is 194 Å². The maximum absolute atomic E-state index is 12.6. The molecule has 1 N–H and O–H groups in total. The second-order valence-electron chi connectivity index (χ2n) is 9.10. The van der Waals surface area contributed by atoms with Crippen LogP contribution in [0.5, 0.6) is 0 Å². The Morgan fingerprint density at radius 2 is 1.33 bits per heavy atom. The summed E-state index contributed by atoms with van der Waals surface area (Å²) >= 11 is 0. The van der Waals surface area contributed by atoms with Crippen molar-refractivity contribution in [3.8, 4) is 22.3 Å². The molecule has 1 aliphatic carbocycles. The van der Waals surface area contributed by atoms with Gasteiger partial charge in [-0.3, -0.25) is 4.79 Å². The van der Waals surface area contributed by atoms with Crippen LogP contribution in [0.25, 0.3) is 22.3 Å². The molecule has 0 bridgehead atoms. The van der Waals surface area contributed by atoms with Gasteiger partial charge in [0.2, 0.25) is 0 Å². The van der Waals surface area contributed by atoms with Crippen molar-refractivity contribution in [2.75, 3.05) is 0 Å². The molecule has 0 atom stereocenters. The Bertz CT molecular complexity index is 1270. The monoisotopic (exact) mass is 435 g/mol. The van der Waals surface area contributed by atoms with E-state index in [4.69, 9.17) is 0 Å². The van der Waals surface area contributed by atoms with Crippen molar-refractivity contribution in [3.05, 3.63) is 118 Å². The first-order valence-electron chi connectivity index (χ1n) is 11.9. The number of hydrogen-bond donors (Lipinski definition) is 1. The van der Waals surface area contributed by atoms with Gasteiger partial charge in [0.25, 0.3) is 5.56 Å². The summed E-state index contributed by atoms with van der Waals surface area (Å²) in [6, 6.07) is 29.1. The maximum atomic E-state index is 12.6. The van der Waals surface area contributed by atoms with Crippen molar-refractivity contribution in [1.82, 2.24) is 4.73 Å². The van der Waals surface area contributed by atoms with E-state index in [1.54, 1.807) is 0 Å². The molecule has 3 aromatic carbocycles. The van der Waals surface area contributed by atoms with E-state index in [0.717, 1.165) is 27.0 Å². The van der Waals surface area contributed by atoms with E-state index < -0.39 is 0 Å². The van der Waals surface area contributed by atoms with Crippen LogP contribution >= 0.6 is 0 Å². The molecule has 166 valence electrons. The summed E-state index contributed by atoms with van der Waals surface area (Å²) < 4.78 is 0.720. The van der Waals surface area contributed by atoms with Crippen molar-refractivity contribution in [1.29, 1.82) is 0 Å². The van der Waals surface area contributed by atoms with Crippen molar-refractivity contribution in [3.63, 3.8) is 0 Å². The molecule has 1 heterocycles. The lowest BCUT2D eigenvalue weighted by molar-refractivity contribution is 0.174. The molecule has 0 radical (unpaired) electrons. The highest BCUT2D eigenvalue weighted by atomic mass is 16.5. The van der Waals surface area contributed by atoms with E-state index in [0.29, 0.717) is 17.9 Å². The van der Waals surface area contributed by atoms with Crippen LogP contribution in [-0.2, 0) is 6.42 Å². The second-order valence-corrected chi connectivity index (χ2v) is 9.10. The lowest BCUT2D eigenvalue weighted by atomic mass is 9.84. The summed E-state index contributed by atoms with van der Waals surface area (Å²) in [6.07, 6.45) is 8.52. The van der Waals surface area contributed by atoms with Gasteiger partial charge in [-0.2, -0.15) is 4.73 Å². The minimum absolute atomic E-state index is 0.371. The van der Waals surface area contributed by atoms with E-state index in [1.165, 1.54) is 49.4 Å². The molecule has 3 nitrogen and oxygen atoms in total. The fourth-order valence-corrected chi connectivity index (χ4v) is 4.96. The van der Waals surface area contributed by atoms with E-state index >= 15 is 0 Å². The van der Waals surface area contributed by atoms with Crippen LogP contribution in [0.4, 0.5) is 0 Å². The Morgan fingerprint density at radius 1 is 0.727 bits per heavy atom. The first-order valence-corrected chi connectivity index (χ1v) is 11.9. The number of hydrogen-bond acceptors (Lipinski definition) is 2. The van der Waals surface area contributed by atoms with Gasteiger partial charge in [-0.05, 0) is 52.6 Å². The highest BCUT2D eigenvalue weighted by Gasteiger charge is 2.16. The fourth-order valence-electron chi connectivity index (χ4n) is 4.96. The van der Waals surface area contributed by atoms with E-state index in [9.17, 15) is 10.0 Å². The largest absolute Gasteiger partial charge is 0.425 e. The number of benzene rings is 3. The topological polar surface area (TPSA) is 42.2 Å². The van der Waals surface area contributed by atoms with Crippen LogP contribution in [0.15, 0.2) is 95.9 Å². The van der Waals surface area contributed by atoms with Gasteiger partial charge in [0.1, 0.15) is 0 Å². The number of nitrogens with zero attached hydrogens (tertiary/aromatic N) is 1. The first-order chi connectivity index (χ1) is 16.2. The van der Waals surface area contributed by atoms with Gasteiger partial charge >= 0.3 is 0 Å². The standard InChI is InChI=1S/C30H29NO2/c32-30-28(19-22-11-13-25(14-12-22)23-7-3-1-4-8-23)20-29(21-31(30)33)27-17-15-26(16-18-27)24-9-5-2-6-10-24/h1,3-4,7-8,11-18,20-21,24,33H,2,5-6,9-10,19H2. The van der Waals surface area contributed by atoms with Crippen molar-refractivity contribution in [2.45, 2.75) is 44.4 Å². The Hall–Kier alpha value is -3.59. The molecule has 1 aliphatic rings.